The van der Waals surface area contributed by atoms with Crippen molar-refractivity contribution in [2.45, 2.75) is 52.6 Å². The predicted octanol–water partition coefficient (Wildman–Crippen LogP) is 3.01. The fraction of sp³-hybridized carbons (Fsp3) is 0.765. The van der Waals surface area contributed by atoms with Crippen molar-refractivity contribution in [2.24, 2.45) is 4.99 Å². The van der Waals surface area contributed by atoms with Crippen molar-refractivity contribution in [1.82, 2.24) is 20.1 Å². The molecular weight excluding hydrogens is 433 g/mol. The first-order valence-corrected chi connectivity index (χ1v) is 9.69. The van der Waals surface area contributed by atoms with Crippen molar-refractivity contribution in [2.75, 3.05) is 32.7 Å². The molecule has 2 aliphatic rings. The molecule has 5 nitrogen and oxygen atoms in total. The Bertz CT molecular complexity index is 553. The Kier molecular flexibility index (Phi) is 7.74. The molecule has 0 bridgehead atoms. The Labute approximate surface area is 166 Å². The molecule has 2 saturated heterocycles. The number of rotatable bonds is 4. The van der Waals surface area contributed by atoms with Crippen LogP contribution < -0.4 is 5.32 Å². The number of nitrogens with one attached hydrogen (secondary N) is 1. The van der Waals surface area contributed by atoms with Gasteiger partial charge in [-0.1, -0.05) is 0 Å². The van der Waals surface area contributed by atoms with Gasteiger partial charge in [-0.3, -0.25) is 4.90 Å². The van der Waals surface area contributed by atoms with Crippen LogP contribution in [0.5, 0.6) is 0 Å². The molecule has 3 heterocycles. The van der Waals surface area contributed by atoms with Crippen molar-refractivity contribution in [3.8, 4) is 0 Å². The van der Waals surface area contributed by atoms with Gasteiger partial charge in [0.25, 0.3) is 0 Å². The van der Waals surface area contributed by atoms with E-state index in [0.29, 0.717) is 6.04 Å². The number of halogens is 1. The number of nitrogens with zero attached hydrogens (tertiary/aromatic N) is 4. The zero-order chi connectivity index (χ0) is 16.2. The van der Waals surface area contributed by atoms with Gasteiger partial charge in [-0.2, -0.15) is 0 Å². The molecule has 0 spiro atoms. The molecule has 136 valence electrons. The number of aliphatic imine (C=N–C) groups is 1. The van der Waals surface area contributed by atoms with E-state index in [9.17, 15) is 0 Å². The Morgan fingerprint density at radius 1 is 1.29 bits per heavy atom. The number of likely N-dealkylation sites (tertiary alicyclic amines) is 2. The van der Waals surface area contributed by atoms with Crippen LogP contribution >= 0.6 is 35.3 Å². The first-order valence-electron chi connectivity index (χ1n) is 8.87. The molecule has 7 heteroatoms. The molecule has 1 unspecified atom stereocenters. The number of hydrogen-bond acceptors (Lipinski definition) is 4. The lowest BCUT2D eigenvalue weighted by Gasteiger charge is -2.25. The van der Waals surface area contributed by atoms with Gasteiger partial charge in [0, 0.05) is 30.6 Å². The Morgan fingerprint density at radius 3 is 2.67 bits per heavy atom. The average molecular weight is 463 g/mol. The maximum Gasteiger partial charge on any atom is 0.194 e. The summed E-state index contributed by atoms with van der Waals surface area (Å²) in [4.78, 5) is 15.8. The van der Waals surface area contributed by atoms with E-state index in [-0.39, 0.29) is 24.0 Å². The lowest BCUT2D eigenvalue weighted by molar-refractivity contribution is 0.249. The van der Waals surface area contributed by atoms with E-state index in [2.05, 4.69) is 40.9 Å². The second-order valence-electron chi connectivity index (χ2n) is 6.54. The zero-order valence-electron chi connectivity index (χ0n) is 15.0. The van der Waals surface area contributed by atoms with Crippen LogP contribution in [0.4, 0.5) is 0 Å². The van der Waals surface area contributed by atoms with E-state index >= 15 is 0 Å². The van der Waals surface area contributed by atoms with E-state index < -0.39 is 0 Å². The summed E-state index contributed by atoms with van der Waals surface area (Å²) in [5.41, 5.74) is 1.13. The van der Waals surface area contributed by atoms with Gasteiger partial charge in [0.1, 0.15) is 0 Å². The second-order valence-corrected chi connectivity index (χ2v) is 7.83. The fourth-order valence-corrected chi connectivity index (χ4v) is 4.49. The maximum absolute atomic E-state index is 4.88. The highest BCUT2D eigenvalue weighted by Crippen LogP contribution is 2.21. The van der Waals surface area contributed by atoms with E-state index in [0.717, 1.165) is 42.8 Å². The van der Waals surface area contributed by atoms with E-state index in [4.69, 9.17) is 4.99 Å². The van der Waals surface area contributed by atoms with Gasteiger partial charge >= 0.3 is 0 Å². The summed E-state index contributed by atoms with van der Waals surface area (Å²) in [5, 5.41) is 4.61. The third-order valence-corrected chi connectivity index (χ3v) is 5.88. The normalized spacial score (nSPS) is 22.0. The van der Waals surface area contributed by atoms with E-state index in [1.165, 1.54) is 37.2 Å². The molecular formula is C17H30IN5S. The highest BCUT2D eigenvalue weighted by atomic mass is 127. The standard InChI is InChI=1S/C17H29N5S.HI/c1-4-18-17(19-11-16-13(2)20-14(3)23-16)22-10-7-15(12-22)21-8-5-6-9-21;/h15H,4-12H2,1-3H3,(H,18,19);1H. The van der Waals surface area contributed by atoms with Crippen LogP contribution in [-0.2, 0) is 6.54 Å². The quantitative estimate of drug-likeness (QED) is 0.424. The summed E-state index contributed by atoms with van der Waals surface area (Å²) in [5.74, 6) is 1.07. The number of thiazole rings is 1. The predicted molar refractivity (Wildman–Crippen MR) is 113 cm³/mol. The summed E-state index contributed by atoms with van der Waals surface area (Å²) in [7, 11) is 0. The maximum atomic E-state index is 4.88. The van der Waals surface area contributed by atoms with Gasteiger partial charge in [0.05, 0.1) is 17.2 Å². The first kappa shape index (κ1) is 19.9. The van der Waals surface area contributed by atoms with Crippen LogP contribution in [0.25, 0.3) is 0 Å². The minimum Gasteiger partial charge on any atom is -0.357 e. The van der Waals surface area contributed by atoms with Crippen molar-refractivity contribution in [1.29, 1.82) is 0 Å². The number of aryl methyl sites for hydroxylation is 2. The van der Waals surface area contributed by atoms with Crippen LogP contribution in [0, 0.1) is 13.8 Å². The fourth-order valence-electron chi connectivity index (χ4n) is 3.63. The highest BCUT2D eigenvalue weighted by molar-refractivity contribution is 14.0. The van der Waals surface area contributed by atoms with E-state index in [1.807, 2.05) is 0 Å². The lowest BCUT2D eigenvalue weighted by Crippen LogP contribution is -2.42. The van der Waals surface area contributed by atoms with Crippen molar-refractivity contribution in [3.05, 3.63) is 15.6 Å². The number of guanidine groups is 1. The Morgan fingerprint density at radius 2 is 2.04 bits per heavy atom. The lowest BCUT2D eigenvalue weighted by atomic mass is 10.2. The van der Waals surface area contributed by atoms with Crippen LogP contribution in [-0.4, -0.2) is 59.5 Å². The summed E-state index contributed by atoms with van der Waals surface area (Å²) in [6, 6.07) is 0.716. The van der Waals surface area contributed by atoms with Gasteiger partial charge < -0.3 is 10.2 Å². The topological polar surface area (TPSA) is 43.8 Å². The second kappa shape index (κ2) is 9.33. The Hall–Kier alpha value is -0.410. The zero-order valence-corrected chi connectivity index (χ0v) is 18.2. The third-order valence-electron chi connectivity index (χ3n) is 4.83. The van der Waals surface area contributed by atoms with Crippen LogP contribution in [0.1, 0.15) is 41.8 Å². The van der Waals surface area contributed by atoms with Gasteiger partial charge in [0.15, 0.2) is 5.96 Å². The van der Waals surface area contributed by atoms with Crippen molar-refractivity contribution >= 4 is 41.3 Å². The third kappa shape index (κ3) is 4.82. The minimum absolute atomic E-state index is 0. The molecule has 0 amide bonds. The van der Waals surface area contributed by atoms with Gasteiger partial charge in [-0.25, -0.2) is 9.98 Å². The average Bonchev–Trinajstić information content (AvgIpc) is 3.24. The highest BCUT2D eigenvalue weighted by Gasteiger charge is 2.30. The molecule has 1 atom stereocenters. The van der Waals surface area contributed by atoms with Gasteiger partial charge in [-0.15, -0.1) is 35.3 Å². The molecule has 2 aliphatic heterocycles. The molecule has 24 heavy (non-hydrogen) atoms. The molecule has 3 rings (SSSR count). The number of hydrogen-bond donors (Lipinski definition) is 1. The van der Waals surface area contributed by atoms with Crippen molar-refractivity contribution in [3.63, 3.8) is 0 Å². The van der Waals surface area contributed by atoms with Crippen molar-refractivity contribution < 1.29 is 0 Å². The summed E-state index contributed by atoms with van der Waals surface area (Å²) in [6.07, 6.45) is 4.01. The summed E-state index contributed by atoms with van der Waals surface area (Å²) >= 11 is 1.77. The summed E-state index contributed by atoms with van der Waals surface area (Å²) in [6.45, 7) is 12.8. The Balaban J connectivity index is 0.00000208. The smallest absolute Gasteiger partial charge is 0.194 e. The molecule has 0 aliphatic carbocycles. The van der Waals surface area contributed by atoms with E-state index in [1.54, 1.807) is 11.3 Å². The molecule has 2 fully saturated rings. The monoisotopic (exact) mass is 463 g/mol. The molecule has 0 saturated carbocycles. The molecule has 1 aromatic heterocycles. The first-order chi connectivity index (χ1) is 11.2. The number of aromatic nitrogens is 1. The summed E-state index contributed by atoms with van der Waals surface area (Å²) < 4.78 is 0. The van der Waals surface area contributed by atoms with Gasteiger partial charge in [0.2, 0.25) is 0 Å². The van der Waals surface area contributed by atoms with Gasteiger partial charge in [-0.05, 0) is 53.1 Å². The molecule has 1 aromatic rings. The minimum atomic E-state index is 0. The largest absolute Gasteiger partial charge is 0.357 e. The SMILES string of the molecule is CCNC(=NCc1sc(C)nc1C)N1CCC(N2CCCC2)C1.I. The molecule has 0 radical (unpaired) electrons. The van der Waals surface area contributed by atoms with Crippen LogP contribution in [0.3, 0.4) is 0 Å². The molecule has 0 aromatic carbocycles. The van der Waals surface area contributed by atoms with Crippen LogP contribution in [0.15, 0.2) is 4.99 Å². The van der Waals surface area contributed by atoms with Crippen LogP contribution in [0.2, 0.25) is 0 Å². The molecule has 1 N–H and O–H groups in total.